The van der Waals surface area contributed by atoms with Gasteiger partial charge in [0.15, 0.2) is 5.43 Å². The summed E-state index contributed by atoms with van der Waals surface area (Å²) in [6.07, 6.45) is 0. The van der Waals surface area contributed by atoms with Crippen LogP contribution in [0.4, 0.5) is 11.5 Å². The number of carbonyl (C=O) groups excluding carboxylic acids is 1. The predicted molar refractivity (Wildman–Crippen MR) is 120 cm³/mol. The lowest BCUT2D eigenvalue weighted by Gasteiger charge is -2.19. The van der Waals surface area contributed by atoms with Crippen molar-refractivity contribution in [1.29, 1.82) is 0 Å². The monoisotopic (exact) mass is 398 g/mol. The van der Waals surface area contributed by atoms with Crippen molar-refractivity contribution in [3.8, 4) is 5.69 Å². The Morgan fingerprint density at radius 2 is 1.60 bits per heavy atom. The Morgan fingerprint density at radius 1 is 0.967 bits per heavy atom. The molecule has 0 atom stereocenters. The molecule has 4 rings (SSSR count). The number of nitrogens with zero attached hydrogens (tertiary/aromatic N) is 3. The van der Waals surface area contributed by atoms with Crippen LogP contribution in [0.3, 0.4) is 0 Å². The Morgan fingerprint density at radius 3 is 2.23 bits per heavy atom. The second-order valence-corrected chi connectivity index (χ2v) is 7.25. The average Bonchev–Trinajstić information content (AvgIpc) is 2.74. The van der Waals surface area contributed by atoms with Gasteiger partial charge in [0.2, 0.25) is 0 Å². The molecular formula is C24H22N4O2. The van der Waals surface area contributed by atoms with E-state index in [1.807, 2.05) is 65.2 Å². The maximum absolute atomic E-state index is 13.0. The van der Waals surface area contributed by atoms with Crippen LogP contribution in [0.25, 0.3) is 16.7 Å². The molecule has 6 heteroatoms. The summed E-state index contributed by atoms with van der Waals surface area (Å²) in [6.45, 7) is 1.79. The molecule has 30 heavy (non-hydrogen) atoms. The topological polar surface area (TPSA) is 67.2 Å². The van der Waals surface area contributed by atoms with Crippen LogP contribution in [0.1, 0.15) is 16.1 Å². The number of nitrogens with one attached hydrogen (secondary N) is 1. The molecule has 6 nitrogen and oxygen atoms in total. The quantitative estimate of drug-likeness (QED) is 0.561. The lowest BCUT2D eigenvalue weighted by Crippen LogP contribution is -2.24. The molecule has 0 aliphatic carbocycles. The minimum Gasteiger partial charge on any atom is -0.345 e. The first kappa shape index (κ1) is 19.4. The summed E-state index contributed by atoms with van der Waals surface area (Å²) >= 11 is 0. The predicted octanol–water partition coefficient (Wildman–Crippen LogP) is 4.14. The number of hydrogen-bond acceptors (Lipinski definition) is 4. The number of rotatable bonds is 4. The maximum atomic E-state index is 13.0. The fraction of sp³-hybridized carbons (Fsp3) is 0.125. The summed E-state index contributed by atoms with van der Waals surface area (Å²) in [4.78, 5) is 31.7. The van der Waals surface area contributed by atoms with E-state index in [1.54, 1.807) is 33.2 Å². The molecule has 1 amide bonds. The molecule has 0 aliphatic rings. The highest BCUT2D eigenvalue weighted by Gasteiger charge is 2.18. The Labute approximate surface area is 174 Å². The summed E-state index contributed by atoms with van der Waals surface area (Å²) in [7, 11) is 3.36. The number of para-hydroxylation sites is 2. The highest BCUT2D eigenvalue weighted by Crippen LogP contribution is 2.25. The largest absolute Gasteiger partial charge is 0.345 e. The highest BCUT2D eigenvalue weighted by atomic mass is 16.2. The molecule has 0 aliphatic heterocycles. The summed E-state index contributed by atoms with van der Waals surface area (Å²) in [5.74, 6) is 0.419. The number of benzene rings is 2. The summed E-state index contributed by atoms with van der Waals surface area (Å²) < 4.78 is 1.90. The van der Waals surface area contributed by atoms with Crippen molar-refractivity contribution in [1.82, 2.24) is 14.5 Å². The maximum Gasteiger partial charge on any atom is 0.255 e. The van der Waals surface area contributed by atoms with Gasteiger partial charge in [-0.05, 0) is 37.3 Å². The molecule has 0 unspecified atom stereocenters. The lowest BCUT2D eigenvalue weighted by molar-refractivity contribution is 0.0826. The van der Waals surface area contributed by atoms with E-state index in [0.29, 0.717) is 28.1 Å². The van der Waals surface area contributed by atoms with Gasteiger partial charge >= 0.3 is 0 Å². The van der Waals surface area contributed by atoms with Gasteiger partial charge in [0, 0.05) is 31.5 Å². The molecular weight excluding hydrogens is 376 g/mol. The molecule has 1 N–H and O–H groups in total. The van der Waals surface area contributed by atoms with Crippen LogP contribution in [0.2, 0.25) is 0 Å². The molecule has 2 heterocycles. The molecule has 0 radical (unpaired) electrons. The van der Waals surface area contributed by atoms with Crippen LogP contribution in [0, 0.1) is 6.92 Å². The second-order valence-electron chi connectivity index (χ2n) is 7.25. The number of amides is 1. The number of fused-ring (bicyclic) bond motifs is 1. The van der Waals surface area contributed by atoms with Gasteiger partial charge in [0.05, 0.1) is 16.6 Å². The van der Waals surface area contributed by atoms with Gasteiger partial charge in [-0.1, -0.05) is 36.4 Å². The van der Waals surface area contributed by atoms with Crippen LogP contribution in [-0.2, 0) is 0 Å². The third-order valence-electron chi connectivity index (χ3n) is 4.88. The van der Waals surface area contributed by atoms with E-state index >= 15 is 0 Å². The van der Waals surface area contributed by atoms with Crippen LogP contribution < -0.4 is 10.7 Å². The van der Waals surface area contributed by atoms with E-state index in [4.69, 9.17) is 4.98 Å². The molecule has 0 saturated carbocycles. The van der Waals surface area contributed by atoms with Crippen LogP contribution >= 0.6 is 0 Å². The number of hydrogen-bond donors (Lipinski definition) is 1. The molecule has 2 aromatic heterocycles. The first-order chi connectivity index (χ1) is 14.5. The van der Waals surface area contributed by atoms with Crippen LogP contribution in [0.15, 0.2) is 77.6 Å². The first-order valence-corrected chi connectivity index (χ1v) is 9.62. The van der Waals surface area contributed by atoms with Gasteiger partial charge < -0.3 is 10.2 Å². The van der Waals surface area contributed by atoms with Crippen molar-refractivity contribution in [2.45, 2.75) is 6.92 Å². The van der Waals surface area contributed by atoms with E-state index in [2.05, 4.69) is 5.32 Å². The summed E-state index contributed by atoms with van der Waals surface area (Å²) in [5, 5.41) is 3.72. The molecule has 0 fully saturated rings. The number of carbonyl (C=O) groups is 1. The fourth-order valence-electron chi connectivity index (χ4n) is 3.38. The van der Waals surface area contributed by atoms with Gasteiger partial charge in [-0.2, -0.15) is 0 Å². The van der Waals surface area contributed by atoms with Crippen molar-refractivity contribution in [2.24, 2.45) is 0 Å². The Kier molecular flexibility index (Phi) is 5.06. The van der Waals surface area contributed by atoms with E-state index < -0.39 is 0 Å². The van der Waals surface area contributed by atoms with Gasteiger partial charge in [-0.15, -0.1) is 0 Å². The highest BCUT2D eigenvalue weighted by molar-refractivity contribution is 5.98. The molecule has 0 spiro atoms. The Balaban J connectivity index is 2.02. The van der Waals surface area contributed by atoms with Gasteiger partial charge in [-0.25, -0.2) is 4.98 Å². The summed E-state index contributed by atoms with van der Waals surface area (Å²) in [5.41, 5.74) is 3.02. The molecule has 0 bridgehead atoms. The van der Waals surface area contributed by atoms with Crippen molar-refractivity contribution in [3.05, 3.63) is 94.3 Å². The fourth-order valence-corrected chi connectivity index (χ4v) is 3.38. The zero-order chi connectivity index (χ0) is 21.3. The van der Waals surface area contributed by atoms with Crippen molar-refractivity contribution < 1.29 is 4.79 Å². The first-order valence-electron chi connectivity index (χ1n) is 9.62. The zero-order valence-electron chi connectivity index (χ0n) is 17.1. The number of pyridine rings is 2. The standard InChI is InChI=1S/C24H22N4O2/c1-16-19(24(30)27(2)3)14-20-21(29)15-22(26-17-10-6-4-7-11-17)28(23(20)25-16)18-12-8-5-9-13-18/h4-15,26H,1-3H3. The second kappa shape index (κ2) is 7.83. The van der Waals surface area contributed by atoms with Crippen molar-refractivity contribution in [3.63, 3.8) is 0 Å². The minimum absolute atomic E-state index is 0.181. The Hall–Kier alpha value is -3.93. The van der Waals surface area contributed by atoms with Crippen molar-refractivity contribution in [2.75, 3.05) is 19.4 Å². The lowest BCUT2D eigenvalue weighted by atomic mass is 10.1. The van der Waals surface area contributed by atoms with E-state index in [-0.39, 0.29) is 11.3 Å². The normalized spacial score (nSPS) is 10.8. The molecule has 4 aromatic rings. The van der Waals surface area contributed by atoms with E-state index in [9.17, 15) is 9.59 Å². The minimum atomic E-state index is -0.198. The Bertz CT molecular complexity index is 1280. The molecule has 150 valence electrons. The number of aromatic nitrogens is 2. The van der Waals surface area contributed by atoms with Gasteiger partial charge in [0.25, 0.3) is 5.91 Å². The molecule has 2 aromatic carbocycles. The third-order valence-corrected chi connectivity index (χ3v) is 4.88. The average molecular weight is 398 g/mol. The van der Waals surface area contributed by atoms with E-state index in [1.165, 1.54) is 4.90 Å². The van der Waals surface area contributed by atoms with Gasteiger partial charge in [-0.3, -0.25) is 14.2 Å². The smallest absolute Gasteiger partial charge is 0.255 e. The van der Waals surface area contributed by atoms with Crippen LogP contribution in [0.5, 0.6) is 0 Å². The SMILES string of the molecule is Cc1nc2c(cc1C(=O)N(C)C)c(=O)cc(Nc1ccccc1)n2-c1ccccc1. The third kappa shape index (κ3) is 3.55. The number of aryl methyl sites for hydroxylation is 1. The number of anilines is 2. The summed E-state index contributed by atoms with van der Waals surface area (Å²) in [6, 6.07) is 22.6. The zero-order valence-corrected chi connectivity index (χ0v) is 17.1. The van der Waals surface area contributed by atoms with Crippen molar-refractivity contribution >= 4 is 28.4 Å². The van der Waals surface area contributed by atoms with Gasteiger partial charge in [0.1, 0.15) is 11.5 Å². The van der Waals surface area contributed by atoms with E-state index in [0.717, 1.165) is 11.4 Å². The molecule has 0 saturated heterocycles. The van der Waals surface area contributed by atoms with Crippen LogP contribution in [-0.4, -0.2) is 34.5 Å².